The molecule has 0 saturated carbocycles. The fraction of sp³-hybridized carbons (Fsp3) is 0.360. The van der Waals surface area contributed by atoms with Gasteiger partial charge < -0.3 is 15.6 Å². The molecule has 3 N–H and O–H groups in total. The normalized spacial score (nSPS) is 20.8. The predicted octanol–water partition coefficient (Wildman–Crippen LogP) is 6.15. The number of nitrogens with two attached hydrogens (primary N) is 1. The molecule has 2 aromatic carbocycles. The fourth-order valence-electron chi connectivity index (χ4n) is 3.24. The predicted molar refractivity (Wildman–Crippen MR) is 129 cm³/mol. The van der Waals surface area contributed by atoms with Gasteiger partial charge in [0, 0.05) is 17.1 Å². The lowest BCUT2D eigenvalue weighted by atomic mass is 9.97. The van der Waals surface area contributed by atoms with Crippen LogP contribution < -0.4 is 10.5 Å². The van der Waals surface area contributed by atoms with Gasteiger partial charge in [0.15, 0.2) is 0 Å². The van der Waals surface area contributed by atoms with Crippen LogP contribution in [0.3, 0.4) is 0 Å². The van der Waals surface area contributed by atoms with Gasteiger partial charge in [0.25, 0.3) is 0 Å². The number of amidine groups is 1. The summed E-state index contributed by atoms with van der Waals surface area (Å²) in [5, 5.41) is 11.0. The Hall–Kier alpha value is -2.63. The van der Waals surface area contributed by atoms with Gasteiger partial charge in [-0.05, 0) is 78.3 Å². The summed E-state index contributed by atoms with van der Waals surface area (Å²) in [5.41, 5.74) is 11.0. The number of rotatable bonds is 5. The van der Waals surface area contributed by atoms with Crippen molar-refractivity contribution in [1.82, 2.24) is 0 Å². The quantitative estimate of drug-likeness (QED) is 0.586. The van der Waals surface area contributed by atoms with E-state index in [1.807, 2.05) is 49.4 Å². The Labute approximate surface area is 189 Å². The smallest absolute Gasteiger partial charge is 0.314 e. The van der Waals surface area contributed by atoms with Crippen LogP contribution in [0.1, 0.15) is 57.2 Å². The summed E-state index contributed by atoms with van der Waals surface area (Å²) < 4.78 is 5.85. The van der Waals surface area contributed by atoms with Crippen molar-refractivity contribution in [3.05, 3.63) is 69.8 Å². The summed E-state index contributed by atoms with van der Waals surface area (Å²) >= 11 is 6.41. The molecule has 3 rings (SSSR count). The summed E-state index contributed by atoms with van der Waals surface area (Å²) in [6.45, 7) is 9.46. The first-order valence-electron chi connectivity index (χ1n) is 10.4. The van der Waals surface area contributed by atoms with Crippen LogP contribution in [0.2, 0.25) is 5.02 Å². The molecule has 0 spiro atoms. The lowest BCUT2D eigenvalue weighted by Gasteiger charge is -2.19. The van der Waals surface area contributed by atoms with Crippen molar-refractivity contribution < 1.29 is 9.84 Å². The molecule has 5 nitrogen and oxygen atoms in total. The summed E-state index contributed by atoms with van der Waals surface area (Å²) in [4.78, 5) is 8.77. The minimum absolute atomic E-state index is 0.0959. The van der Waals surface area contributed by atoms with Crippen LogP contribution in [0.25, 0.3) is 5.70 Å². The fourth-order valence-corrected chi connectivity index (χ4v) is 3.45. The Bertz CT molecular complexity index is 1030. The number of benzene rings is 2. The number of nitrogens with zero attached hydrogens (tertiary/aromatic N) is 2. The third-order valence-electron chi connectivity index (χ3n) is 4.97. The number of hydrogen-bond acceptors (Lipinski definition) is 4. The van der Waals surface area contributed by atoms with Crippen LogP contribution in [0.15, 0.2) is 58.0 Å². The maximum atomic E-state index is 10.5. The second-order valence-corrected chi connectivity index (χ2v) is 9.40. The number of aliphatic hydroxyl groups excluding tert-OH is 1. The molecule has 0 aromatic heterocycles. The first-order valence-corrected chi connectivity index (χ1v) is 10.8. The van der Waals surface area contributed by atoms with E-state index in [0.29, 0.717) is 30.3 Å². The summed E-state index contributed by atoms with van der Waals surface area (Å²) in [6.07, 6.45) is 1.42. The van der Waals surface area contributed by atoms with Crippen molar-refractivity contribution in [2.45, 2.75) is 47.1 Å². The molecule has 0 bridgehead atoms. The molecule has 0 amide bonds. The van der Waals surface area contributed by atoms with E-state index in [9.17, 15) is 5.11 Å². The molecule has 2 aromatic rings. The van der Waals surface area contributed by atoms with Crippen LogP contribution in [0, 0.1) is 5.41 Å². The van der Waals surface area contributed by atoms with Gasteiger partial charge in [-0.3, -0.25) is 0 Å². The lowest BCUT2D eigenvalue weighted by molar-refractivity contribution is 0.198. The Morgan fingerprint density at radius 2 is 1.77 bits per heavy atom. The first kappa shape index (κ1) is 23.0. The largest absolute Gasteiger partial charge is 0.493 e. The van der Waals surface area contributed by atoms with Crippen molar-refractivity contribution in [2.24, 2.45) is 21.1 Å². The molecule has 1 aliphatic rings. The zero-order valence-electron chi connectivity index (χ0n) is 18.6. The first-order chi connectivity index (χ1) is 14.7. The van der Waals surface area contributed by atoms with E-state index in [0.717, 1.165) is 40.1 Å². The van der Waals surface area contributed by atoms with Gasteiger partial charge in [-0.2, -0.15) is 9.98 Å². The Balaban J connectivity index is 1.86. The summed E-state index contributed by atoms with van der Waals surface area (Å²) in [6, 6.07) is 13.1. The van der Waals surface area contributed by atoms with E-state index in [4.69, 9.17) is 22.1 Å². The van der Waals surface area contributed by atoms with Crippen molar-refractivity contribution >= 4 is 29.0 Å². The molecular weight excluding hydrogens is 410 g/mol. The monoisotopic (exact) mass is 439 g/mol. The van der Waals surface area contributed by atoms with Gasteiger partial charge in [-0.25, -0.2) is 0 Å². The molecule has 0 aliphatic carbocycles. The average molecular weight is 440 g/mol. The topological polar surface area (TPSA) is 80.2 Å². The lowest BCUT2D eigenvalue weighted by Crippen LogP contribution is -2.16. The Kier molecular flexibility index (Phi) is 7.19. The van der Waals surface area contributed by atoms with Gasteiger partial charge in [-0.15, -0.1) is 0 Å². The van der Waals surface area contributed by atoms with Crippen molar-refractivity contribution in [3.8, 4) is 5.75 Å². The minimum Gasteiger partial charge on any atom is -0.493 e. The SMILES string of the molecule is C\C1=C(c2cc(CN)ccc2Cl)/N=C(O)\N=C(\c2ccc(OCC(C)(C)C)cc2)CC1. The maximum absolute atomic E-state index is 10.5. The van der Waals surface area contributed by atoms with Crippen molar-refractivity contribution in [2.75, 3.05) is 6.61 Å². The van der Waals surface area contributed by atoms with Gasteiger partial charge >= 0.3 is 6.02 Å². The highest BCUT2D eigenvalue weighted by Gasteiger charge is 2.17. The second-order valence-electron chi connectivity index (χ2n) is 8.99. The maximum Gasteiger partial charge on any atom is 0.314 e. The average Bonchev–Trinajstić information content (AvgIpc) is 2.73. The van der Waals surface area contributed by atoms with Gasteiger partial charge in [0.05, 0.1) is 18.0 Å². The standard InChI is InChI=1S/C25H30ClN3O2/c1-16-5-12-22(18-7-9-19(10-8-18)31-15-25(2,3)4)28-24(30)29-23(16)20-13-17(14-27)6-11-21(20)26/h6-11,13H,5,12,14-15,27H2,1-4H3,(H,29,30)/b23-16+,28-22+. The molecular formula is C25H30ClN3O2. The van der Waals surface area contributed by atoms with Crippen LogP contribution in [-0.4, -0.2) is 23.4 Å². The number of ether oxygens (including phenoxy) is 1. The third kappa shape index (κ3) is 6.18. The molecule has 31 heavy (non-hydrogen) atoms. The van der Waals surface area contributed by atoms with Crippen LogP contribution in [-0.2, 0) is 6.54 Å². The zero-order valence-corrected chi connectivity index (χ0v) is 19.3. The number of hydrogen-bond donors (Lipinski definition) is 2. The Morgan fingerprint density at radius 3 is 2.42 bits per heavy atom. The second kappa shape index (κ2) is 9.67. The van der Waals surface area contributed by atoms with E-state index in [-0.39, 0.29) is 11.4 Å². The number of aliphatic hydroxyl groups is 1. The van der Waals surface area contributed by atoms with E-state index in [1.165, 1.54) is 0 Å². The van der Waals surface area contributed by atoms with Crippen molar-refractivity contribution in [3.63, 3.8) is 0 Å². The Morgan fingerprint density at radius 1 is 1.06 bits per heavy atom. The van der Waals surface area contributed by atoms with Crippen molar-refractivity contribution in [1.29, 1.82) is 0 Å². The molecule has 0 radical (unpaired) electrons. The molecule has 1 heterocycles. The van der Waals surface area contributed by atoms with Crippen LogP contribution in [0.5, 0.6) is 5.75 Å². The molecule has 0 saturated heterocycles. The van der Waals surface area contributed by atoms with Gasteiger partial charge in [0.1, 0.15) is 5.75 Å². The third-order valence-corrected chi connectivity index (χ3v) is 5.30. The van der Waals surface area contributed by atoms with E-state index in [2.05, 4.69) is 30.8 Å². The summed E-state index contributed by atoms with van der Waals surface area (Å²) in [7, 11) is 0. The highest BCUT2D eigenvalue weighted by Crippen LogP contribution is 2.32. The molecule has 6 heteroatoms. The van der Waals surface area contributed by atoms with E-state index < -0.39 is 0 Å². The van der Waals surface area contributed by atoms with Crippen LogP contribution >= 0.6 is 11.6 Å². The van der Waals surface area contributed by atoms with E-state index >= 15 is 0 Å². The molecule has 1 aliphatic heterocycles. The number of halogens is 1. The summed E-state index contributed by atoms with van der Waals surface area (Å²) in [5.74, 6) is 0.816. The van der Waals surface area contributed by atoms with Gasteiger partial charge in [0.2, 0.25) is 0 Å². The minimum atomic E-state index is -0.286. The molecule has 0 atom stereocenters. The highest BCUT2D eigenvalue weighted by atomic mass is 35.5. The molecule has 164 valence electrons. The van der Waals surface area contributed by atoms with Gasteiger partial charge in [-0.1, -0.05) is 38.4 Å². The molecule has 0 unspecified atom stereocenters. The number of allylic oxidation sites excluding steroid dienone is 1. The number of aliphatic imine (C=N–C) groups is 2. The highest BCUT2D eigenvalue weighted by molar-refractivity contribution is 6.32. The molecule has 0 fully saturated rings. The van der Waals surface area contributed by atoms with E-state index in [1.54, 1.807) is 0 Å². The van der Waals surface area contributed by atoms with Crippen LogP contribution in [0.4, 0.5) is 0 Å². The zero-order chi connectivity index (χ0) is 22.6.